The minimum atomic E-state index is 0.0862. The molecular weight excluding hydrogens is 360 g/mol. The number of hydrogen-bond acceptors (Lipinski definition) is 7. The van der Waals surface area contributed by atoms with Gasteiger partial charge in [0.1, 0.15) is 5.82 Å². The number of rotatable bonds is 4. The van der Waals surface area contributed by atoms with Crippen molar-refractivity contribution in [2.24, 2.45) is 0 Å². The number of anilines is 3. The number of carbonyl (C=O) groups is 1. The lowest BCUT2D eigenvalue weighted by molar-refractivity contribution is 0.0664. The van der Waals surface area contributed by atoms with Gasteiger partial charge in [-0.2, -0.15) is 4.98 Å². The van der Waals surface area contributed by atoms with Crippen molar-refractivity contribution in [2.75, 3.05) is 50.9 Å². The average molecular weight is 382 g/mol. The fourth-order valence-electron chi connectivity index (χ4n) is 3.11. The molecule has 1 fully saturated rings. The fraction of sp³-hybridized carbons (Fsp3) is 0.316. The summed E-state index contributed by atoms with van der Waals surface area (Å²) in [5.41, 5.74) is 2.46. The summed E-state index contributed by atoms with van der Waals surface area (Å²) in [6.07, 6.45) is 0. The van der Waals surface area contributed by atoms with Crippen molar-refractivity contribution in [1.29, 1.82) is 0 Å². The van der Waals surface area contributed by atoms with E-state index >= 15 is 0 Å². The first-order valence-corrected chi connectivity index (χ1v) is 9.80. The molecular formula is C19H22N6OS. The average Bonchev–Trinajstić information content (AvgIpc) is 3.16. The van der Waals surface area contributed by atoms with Gasteiger partial charge in [-0.3, -0.25) is 4.79 Å². The van der Waals surface area contributed by atoms with Gasteiger partial charge in [-0.15, -0.1) is 11.3 Å². The van der Waals surface area contributed by atoms with Crippen LogP contribution in [0.25, 0.3) is 10.2 Å². The van der Waals surface area contributed by atoms with Crippen LogP contribution in [0, 0.1) is 0 Å². The lowest BCUT2D eigenvalue weighted by Gasteiger charge is -2.32. The van der Waals surface area contributed by atoms with E-state index in [2.05, 4.69) is 32.5 Å². The Labute approximate surface area is 162 Å². The SMILES string of the molecule is CNc1nc(Nc2ccc(C(=O)N3CCN(C)CC3)cc2)nc2ccsc12. The maximum Gasteiger partial charge on any atom is 0.253 e. The highest BCUT2D eigenvalue weighted by molar-refractivity contribution is 7.17. The third-order valence-electron chi connectivity index (χ3n) is 4.72. The van der Waals surface area contributed by atoms with Gasteiger partial charge in [-0.05, 0) is 42.8 Å². The second-order valence-electron chi connectivity index (χ2n) is 6.58. The molecule has 2 aromatic heterocycles. The molecule has 0 atom stereocenters. The van der Waals surface area contributed by atoms with Crippen LogP contribution in [0.5, 0.6) is 0 Å². The predicted octanol–water partition coefficient (Wildman–Crippen LogP) is 2.86. The smallest absolute Gasteiger partial charge is 0.253 e. The maximum absolute atomic E-state index is 12.6. The van der Waals surface area contributed by atoms with Crippen LogP contribution < -0.4 is 10.6 Å². The Bertz CT molecular complexity index is 946. The van der Waals surface area contributed by atoms with E-state index in [0.29, 0.717) is 11.5 Å². The summed E-state index contributed by atoms with van der Waals surface area (Å²) < 4.78 is 1.04. The molecule has 1 aromatic carbocycles. The lowest BCUT2D eigenvalue weighted by atomic mass is 10.1. The lowest BCUT2D eigenvalue weighted by Crippen LogP contribution is -2.47. The summed E-state index contributed by atoms with van der Waals surface area (Å²) in [7, 11) is 3.93. The summed E-state index contributed by atoms with van der Waals surface area (Å²) in [5.74, 6) is 1.42. The van der Waals surface area contributed by atoms with Gasteiger partial charge < -0.3 is 20.4 Å². The van der Waals surface area contributed by atoms with Crippen molar-refractivity contribution < 1.29 is 4.79 Å². The number of likely N-dealkylation sites (N-methyl/N-ethyl adjacent to an activating group) is 1. The van der Waals surface area contributed by atoms with Crippen molar-refractivity contribution in [3.8, 4) is 0 Å². The topological polar surface area (TPSA) is 73.4 Å². The van der Waals surface area contributed by atoms with Gasteiger partial charge in [-0.1, -0.05) is 0 Å². The first-order valence-electron chi connectivity index (χ1n) is 8.92. The molecule has 8 heteroatoms. The van der Waals surface area contributed by atoms with Crippen LogP contribution >= 0.6 is 11.3 Å². The van der Waals surface area contributed by atoms with Gasteiger partial charge in [0.15, 0.2) is 0 Å². The summed E-state index contributed by atoms with van der Waals surface area (Å²) >= 11 is 1.61. The van der Waals surface area contributed by atoms with Crippen LogP contribution in [0.15, 0.2) is 35.7 Å². The molecule has 0 bridgehead atoms. The van der Waals surface area contributed by atoms with Crippen molar-refractivity contribution >= 4 is 44.9 Å². The monoisotopic (exact) mass is 382 g/mol. The molecule has 1 aliphatic heterocycles. The number of piperazine rings is 1. The van der Waals surface area contributed by atoms with Crippen LogP contribution in [0.3, 0.4) is 0 Å². The van der Waals surface area contributed by atoms with Crippen molar-refractivity contribution in [3.63, 3.8) is 0 Å². The van der Waals surface area contributed by atoms with Crippen LogP contribution in [0.4, 0.5) is 17.5 Å². The zero-order valence-electron chi connectivity index (χ0n) is 15.4. The molecule has 140 valence electrons. The molecule has 3 heterocycles. The molecule has 0 saturated carbocycles. The third-order valence-corrected chi connectivity index (χ3v) is 5.63. The highest BCUT2D eigenvalue weighted by Gasteiger charge is 2.20. The third kappa shape index (κ3) is 3.72. The first kappa shape index (κ1) is 17.7. The minimum absolute atomic E-state index is 0.0862. The summed E-state index contributed by atoms with van der Waals surface area (Å²) in [6.45, 7) is 3.39. The number of amides is 1. The molecule has 0 radical (unpaired) electrons. The number of benzene rings is 1. The Hall–Kier alpha value is -2.71. The van der Waals surface area contributed by atoms with E-state index in [1.807, 2.05) is 47.7 Å². The molecule has 0 aliphatic carbocycles. The number of hydrogen-bond donors (Lipinski definition) is 2. The minimum Gasteiger partial charge on any atom is -0.372 e. The van der Waals surface area contributed by atoms with Gasteiger partial charge in [0, 0.05) is 44.5 Å². The first-order chi connectivity index (χ1) is 13.1. The van der Waals surface area contributed by atoms with Gasteiger partial charge >= 0.3 is 0 Å². The number of thiophene rings is 1. The summed E-state index contributed by atoms with van der Waals surface area (Å²) in [5, 5.41) is 8.34. The van der Waals surface area contributed by atoms with E-state index in [4.69, 9.17) is 0 Å². The summed E-state index contributed by atoms with van der Waals surface area (Å²) in [6, 6.07) is 9.47. The molecule has 27 heavy (non-hydrogen) atoms. The van der Waals surface area contributed by atoms with Crippen LogP contribution in [0.1, 0.15) is 10.4 Å². The largest absolute Gasteiger partial charge is 0.372 e. The number of nitrogens with zero attached hydrogens (tertiary/aromatic N) is 4. The zero-order chi connectivity index (χ0) is 18.8. The molecule has 2 N–H and O–H groups in total. The predicted molar refractivity (Wildman–Crippen MR) is 110 cm³/mol. The molecule has 1 aliphatic rings. The second-order valence-corrected chi connectivity index (χ2v) is 7.49. The Morgan fingerprint density at radius 3 is 2.52 bits per heavy atom. The van der Waals surface area contributed by atoms with E-state index in [-0.39, 0.29) is 5.91 Å². The number of aromatic nitrogens is 2. The van der Waals surface area contributed by atoms with Crippen molar-refractivity contribution in [1.82, 2.24) is 19.8 Å². The maximum atomic E-state index is 12.6. The highest BCUT2D eigenvalue weighted by Crippen LogP contribution is 2.28. The van der Waals surface area contributed by atoms with Gasteiger partial charge in [0.05, 0.1) is 10.2 Å². The van der Waals surface area contributed by atoms with Gasteiger partial charge in [0.2, 0.25) is 5.95 Å². The Morgan fingerprint density at radius 2 is 1.81 bits per heavy atom. The number of carbonyl (C=O) groups excluding carboxylic acids is 1. The van der Waals surface area contributed by atoms with Crippen LogP contribution in [-0.2, 0) is 0 Å². The molecule has 4 rings (SSSR count). The molecule has 1 saturated heterocycles. The molecule has 3 aromatic rings. The molecule has 0 unspecified atom stereocenters. The van der Waals surface area contributed by atoms with Gasteiger partial charge in [0.25, 0.3) is 5.91 Å². The molecule has 0 spiro atoms. The normalized spacial score (nSPS) is 15.1. The van der Waals surface area contributed by atoms with E-state index in [1.54, 1.807) is 11.3 Å². The highest BCUT2D eigenvalue weighted by atomic mass is 32.1. The Morgan fingerprint density at radius 1 is 1.07 bits per heavy atom. The van der Waals surface area contributed by atoms with Crippen LogP contribution in [-0.4, -0.2) is 65.9 Å². The van der Waals surface area contributed by atoms with Crippen molar-refractivity contribution in [2.45, 2.75) is 0 Å². The van der Waals surface area contributed by atoms with E-state index in [1.165, 1.54) is 0 Å². The van der Waals surface area contributed by atoms with Gasteiger partial charge in [-0.25, -0.2) is 4.98 Å². The summed E-state index contributed by atoms with van der Waals surface area (Å²) in [4.78, 5) is 25.8. The molecule has 1 amide bonds. The zero-order valence-corrected chi connectivity index (χ0v) is 16.2. The quantitative estimate of drug-likeness (QED) is 0.723. The molecule has 7 nitrogen and oxygen atoms in total. The number of fused-ring (bicyclic) bond motifs is 1. The fourth-order valence-corrected chi connectivity index (χ4v) is 3.93. The van der Waals surface area contributed by atoms with E-state index < -0.39 is 0 Å². The van der Waals surface area contributed by atoms with E-state index in [0.717, 1.165) is 47.9 Å². The Balaban J connectivity index is 1.49. The number of nitrogens with one attached hydrogen (secondary N) is 2. The standard InChI is InChI=1S/C19H22N6OS/c1-20-17-16-15(7-12-27-16)22-19(23-17)21-14-5-3-13(4-6-14)18(26)25-10-8-24(2)9-11-25/h3-7,12H,8-11H2,1-2H3,(H2,20,21,22,23). The van der Waals surface area contributed by atoms with Crippen molar-refractivity contribution in [3.05, 3.63) is 41.3 Å². The van der Waals surface area contributed by atoms with E-state index in [9.17, 15) is 4.79 Å². The Kier molecular flexibility index (Phi) is 4.91. The van der Waals surface area contributed by atoms with Crippen LogP contribution in [0.2, 0.25) is 0 Å². The second kappa shape index (κ2) is 7.50.